The summed E-state index contributed by atoms with van der Waals surface area (Å²) in [7, 11) is 0. The van der Waals surface area contributed by atoms with Crippen LogP contribution in [0.25, 0.3) is 5.65 Å². The quantitative estimate of drug-likeness (QED) is 0.424. The minimum absolute atomic E-state index is 0.107. The molecule has 0 aliphatic carbocycles. The molecule has 0 aliphatic heterocycles. The maximum absolute atomic E-state index is 12.1. The minimum Gasteiger partial charge on any atom is -0.357 e. The highest BCUT2D eigenvalue weighted by Crippen LogP contribution is 2.05. The Bertz CT molecular complexity index is 965. The van der Waals surface area contributed by atoms with Gasteiger partial charge in [0.1, 0.15) is 12.4 Å². The Kier molecular flexibility index (Phi) is 6.50. The highest BCUT2D eigenvalue weighted by atomic mass is 16.1. The van der Waals surface area contributed by atoms with E-state index < -0.39 is 0 Å². The third-order valence-electron chi connectivity index (χ3n) is 3.91. The fourth-order valence-electron chi connectivity index (χ4n) is 2.60. The molecule has 28 heavy (non-hydrogen) atoms. The van der Waals surface area contributed by atoms with Crippen LogP contribution in [0.1, 0.15) is 24.9 Å². The van der Waals surface area contributed by atoms with Crippen LogP contribution in [0.4, 0.5) is 5.82 Å². The van der Waals surface area contributed by atoms with Crippen LogP contribution >= 0.6 is 0 Å². The first-order valence-electron chi connectivity index (χ1n) is 9.20. The van der Waals surface area contributed by atoms with Crippen molar-refractivity contribution in [3.8, 4) is 0 Å². The zero-order valence-electron chi connectivity index (χ0n) is 16.0. The summed E-state index contributed by atoms with van der Waals surface area (Å²) >= 11 is 0. The van der Waals surface area contributed by atoms with Crippen LogP contribution < -0.4 is 16.0 Å². The van der Waals surface area contributed by atoms with Crippen molar-refractivity contribution in [2.45, 2.75) is 26.8 Å². The summed E-state index contributed by atoms with van der Waals surface area (Å²) in [5, 5.41) is 17.4. The van der Waals surface area contributed by atoms with Gasteiger partial charge in [0.25, 0.3) is 0 Å². The second-order valence-electron chi connectivity index (χ2n) is 6.13. The molecule has 1 amide bonds. The van der Waals surface area contributed by atoms with Crippen molar-refractivity contribution in [2.75, 3.05) is 18.4 Å². The van der Waals surface area contributed by atoms with Crippen LogP contribution in [0.5, 0.6) is 0 Å². The maximum Gasteiger partial charge on any atom is 0.227 e. The lowest BCUT2D eigenvalue weighted by Crippen LogP contribution is -2.38. The molecule has 9 nitrogen and oxygen atoms in total. The molecule has 9 heteroatoms. The first kappa shape index (κ1) is 19.3. The Morgan fingerprint density at radius 1 is 1.14 bits per heavy atom. The van der Waals surface area contributed by atoms with Crippen LogP contribution in [-0.2, 0) is 11.3 Å². The summed E-state index contributed by atoms with van der Waals surface area (Å²) in [5.74, 6) is 1.82. The van der Waals surface area contributed by atoms with Gasteiger partial charge in [-0.15, -0.1) is 10.2 Å². The fourth-order valence-corrected chi connectivity index (χ4v) is 2.60. The summed E-state index contributed by atoms with van der Waals surface area (Å²) in [4.78, 5) is 20.9. The minimum atomic E-state index is -0.107. The summed E-state index contributed by atoms with van der Waals surface area (Å²) in [5.41, 5.74) is 1.64. The van der Waals surface area contributed by atoms with Crippen molar-refractivity contribution in [1.29, 1.82) is 0 Å². The third kappa shape index (κ3) is 5.26. The number of anilines is 1. The van der Waals surface area contributed by atoms with Crippen LogP contribution in [0.2, 0.25) is 0 Å². The van der Waals surface area contributed by atoms with Gasteiger partial charge >= 0.3 is 0 Å². The van der Waals surface area contributed by atoms with E-state index in [0.29, 0.717) is 37.8 Å². The van der Waals surface area contributed by atoms with Gasteiger partial charge < -0.3 is 16.0 Å². The molecule has 146 valence electrons. The van der Waals surface area contributed by atoms with E-state index >= 15 is 0 Å². The lowest BCUT2D eigenvalue weighted by atomic mass is 10.3. The molecule has 0 radical (unpaired) electrons. The largest absolute Gasteiger partial charge is 0.357 e. The molecule has 0 fully saturated rings. The number of hydrogen-bond acceptors (Lipinski definition) is 5. The van der Waals surface area contributed by atoms with Crippen molar-refractivity contribution in [3.05, 3.63) is 54.1 Å². The van der Waals surface area contributed by atoms with E-state index in [0.717, 1.165) is 17.2 Å². The summed E-state index contributed by atoms with van der Waals surface area (Å²) in [6.07, 6.45) is 2.21. The summed E-state index contributed by atoms with van der Waals surface area (Å²) in [6, 6.07) is 11.3. The number of nitrogens with one attached hydrogen (secondary N) is 3. The highest BCUT2D eigenvalue weighted by molar-refractivity contribution is 5.90. The fraction of sp³-hybridized carbons (Fsp3) is 0.316. The Morgan fingerprint density at radius 3 is 2.86 bits per heavy atom. The summed E-state index contributed by atoms with van der Waals surface area (Å²) in [6.45, 7) is 5.41. The van der Waals surface area contributed by atoms with Crippen molar-refractivity contribution < 1.29 is 4.79 Å². The van der Waals surface area contributed by atoms with Gasteiger partial charge in [-0.25, -0.2) is 9.98 Å². The molecule has 3 rings (SSSR count). The van der Waals surface area contributed by atoms with Crippen molar-refractivity contribution in [1.82, 2.24) is 30.2 Å². The number of carbonyl (C=O) groups is 1. The second kappa shape index (κ2) is 9.45. The number of hydrogen-bond donors (Lipinski definition) is 3. The van der Waals surface area contributed by atoms with Crippen LogP contribution in [0.15, 0.2) is 47.6 Å². The average molecular weight is 380 g/mol. The molecule has 0 spiro atoms. The SMILES string of the molecule is CCNC(=NCc1nnc2ccccn12)NCCC(=O)Nc1cccc(C)n1. The van der Waals surface area contributed by atoms with E-state index in [1.807, 2.05) is 54.8 Å². The molecule has 3 N–H and O–H groups in total. The van der Waals surface area contributed by atoms with Crippen LogP contribution in [0, 0.1) is 6.92 Å². The number of pyridine rings is 2. The monoisotopic (exact) mass is 380 g/mol. The molecular weight excluding hydrogens is 356 g/mol. The molecular formula is C19H24N8O. The number of aryl methyl sites for hydroxylation is 1. The van der Waals surface area contributed by atoms with E-state index in [2.05, 4.69) is 36.1 Å². The van der Waals surface area contributed by atoms with Gasteiger partial charge in [-0.05, 0) is 38.1 Å². The van der Waals surface area contributed by atoms with Crippen LogP contribution in [-0.4, -0.2) is 44.5 Å². The number of fused-ring (bicyclic) bond motifs is 1. The Hall–Kier alpha value is -3.49. The molecule has 0 saturated carbocycles. The van der Waals surface area contributed by atoms with Gasteiger partial charge in [0.05, 0.1) is 0 Å². The number of carbonyl (C=O) groups excluding carboxylic acids is 1. The van der Waals surface area contributed by atoms with Gasteiger partial charge in [-0.1, -0.05) is 12.1 Å². The zero-order chi connectivity index (χ0) is 19.8. The molecule has 3 aromatic rings. The molecule has 0 saturated heterocycles. The second-order valence-corrected chi connectivity index (χ2v) is 6.13. The van der Waals surface area contributed by atoms with Crippen molar-refractivity contribution in [2.24, 2.45) is 4.99 Å². The average Bonchev–Trinajstić information content (AvgIpc) is 3.09. The Labute approximate surface area is 163 Å². The Balaban J connectivity index is 1.52. The predicted octanol–water partition coefficient (Wildman–Crippen LogP) is 1.52. The molecule has 3 aromatic heterocycles. The van der Waals surface area contributed by atoms with E-state index in [9.17, 15) is 4.79 Å². The predicted molar refractivity (Wildman–Crippen MR) is 108 cm³/mol. The number of aromatic nitrogens is 4. The highest BCUT2D eigenvalue weighted by Gasteiger charge is 2.06. The van der Waals surface area contributed by atoms with E-state index in [1.165, 1.54) is 0 Å². The first-order chi connectivity index (χ1) is 13.7. The third-order valence-corrected chi connectivity index (χ3v) is 3.91. The lowest BCUT2D eigenvalue weighted by molar-refractivity contribution is -0.116. The molecule has 0 unspecified atom stereocenters. The van der Waals surface area contributed by atoms with E-state index in [4.69, 9.17) is 0 Å². The first-order valence-corrected chi connectivity index (χ1v) is 9.20. The standard InChI is InChI=1S/C19H24N8O/c1-3-20-19(22-13-17-26-25-16-9-4-5-12-27(16)17)21-11-10-18(28)24-15-8-6-7-14(2)23-15/h4-9,12H,3,10-11,13H2,1-2H3,(H2,20,21,22)(H,23,24,28). The smallest absolute Gasteiger partial charge is 0.227 e. The van der Waals surface area contributed by atoms with E-state index in [1.54, 1.807) is 6.07 Å². The van der Waals surface area contributed by atoms with Crippen molar-refractivity contribution >= 4 is 23.3 Å². The molecule has 3 heterocycles. The van der Waals surface area contributed by atoms with Gasteiger partial charge in [0.15, 0.2) is 17.4 Å². The zero-order valence-corrected chi connectivity index (χ0v) is 16.0. The maximum atomic E-state index is 12.1. The van der Waals surface area contributed by atoms with Gasteiger partial charge in [-0.3, -0.25) is 9.20 Å². The number of rotatable bonds is 7. The molecule has 0 aromatic carbocycles. The van der Waals surface area contributed by atoms with Gasteiger partial charge in [-0.2, -0.15) is 0 Å². The molecule has 0 atom stereocenters. The number of amides is 1. The number of aliphatic imine (C=N–C) groups is 1. The molecule has 0 bridgehead atoms. The Morgan fingerprint density at radius 2 is 2.04 bits per heavy atom. The van der Waals surface area contributed by atoms with Crippen molar-refractivity contribution in [3.63, 3.8) is 0 Å². The lowest BCUT2D eigenvalue weighted by Gasteiger charge is -2.11. The topological polar surface area (TPSA) is 109 Å². The number of nitrogens with zero attached hydrogens (tertiary/aromatic N) is 5. The van der Waals surface area contributed by atoms with Gasteiger partial charge in [0, 0.05) is 31.4 Å². The number of guanidine groups is 1. The molecule has 0 aliphatic rings. The van der Waals surface area contributed by atoms with Gasteiger partial charge in [0.2, 0.25) is 5.91 Å². The van der Waals surface area contributed by atoms with Crippen LogP contribution in [0.3, 0.4) is 0 Å². The normalized spacial score (nSPS) is 11.4. The van der Waals surface area contributed by atoms with E-state index in [-0.39, 0.29) is 5.91 Å². The summed E-state index contributed by atoms with van der Waals surface area (Å²) < 4.78 is 1.90.